The third-order valence-corrected chi connectivity index (χ3v) is 6.61. The van der Waals surface area contributed by atoms with Gasteiger partial charge in [0.25, 0.3) is 0 Å². The Morgan fingerprint density at radius 2 is 1.13 bits per heavy atom. The molecule has 31 heavy (non-hydrogen) atoms. The summed E-state index contributed by atoms with van der Waals surface area (Å²) in [5, 5.41) is 0. The molecule has 2 atom stereocenters. The lowest BCUT2D eigenvalue weighted by molar-refractivity contribution is 0.0929. The van der Waals surface area contributed by atoms with Gasteiger partial charge in [-0.3, -0.25) is 9.59 Å². The van der Waals surface area contributed by atoms with Gasteiger partial charge in [0.1, 0.15) is 0 Å². The molecule has 1 rings (SSSR count). The van der Waals surface area contributed by atoms with Crippen LogP contribution in [-0.2, 0) is 0 Å². The minimum Gasteiger partial charge on any atom is -0.294 e. The predicted octanol–water partition coefficient (Wildman–Crippen LogP) is 9.22. The molecular formula is C29H48O2. The van der Waals surface area contributed by atoms with Gasteiger partial charge in [0, 0.05) is 24.0 Å². The quantitative estimate of drug-likeness (QED) is 0.162. The molecule has 0 spiro atoms. The van der Waals surface area contributed by atoms with Crippen molar-refractivity contribution in [1.82, 2.24) is 0 Å². The van der Waals surface area contributed by atoms with Gasteiger partial charge in [-0.1, -0.05) is 129 Å². The number of hydrogen-bond donors (Lipinski definition) is 0. The van der Waals surface area contributed by atoms with Crippen LogP contribution in [0, 0.1) is 11.8 Å². The van der Waals surface area contributed by atoms with E-state index in [0.717, 1.165) is 25.7 Å². The van der Waals surface area contributed by atoms with Crippen LogP contribution in [0.5, 0.6) is 0 Å². The molecule has 0 aliphatic heterocycles. The van der Waals surface area contributed by atoms with Gasteiger partial charge < -0.3 is 0 Å². The fourth-order valence-corrected chi connectivity index (χ4v) is 4.78. The largest absolute Gasteiger partial charge is 0.294 e. The van der Waals surface area contributed by atoms with Crippen LogP contribution in [0.2, 0.25) is 0 Å². The summed E-state index contributed by atoms with van der Waals surface area (Å²) >= 11 is 0. The molecular weight excluding hydrogens is 380 g/mol. The van der Waals surface area contributed by atoms with E-state index in [1.807, 2.05) is 24.3 Å². The standard InChI is InChI=1S/C29H48O2/c1-5-9-11-17-24(15-7-3)21-22-28(30)26-19-13-14-20-27(26)29(31)23-25(16-8-4)18-12-10-6-2/h13-14,19-20,24-25H,5-12,15-18,21-23H2,1-4H3. The smallest absolute Gasteiger partial charge is 0.163 e. The Hall–Kier alpha value is -1.44. The minimum atomic E-state index is 0.151. The van der Waals surface area contributed by atoms with Crippen molar-refractivity contribution >= 4 is 11.6 Å². The molecule has 2 heteroatoms. The Morgan fingerprint density at radius 1 is 0.613 bits per heavy atom. The van der Waals surface area contributed by atoms with E-state index in [9.17, 15) is 9.59 Å². The fraction of sp³-hybridized carbons (Fsp3) is 0.724. The number of hydrogen-bond acceptors (Lipinski definition) is 2. The normalized spacial score (nSPS) is 13.2. The van der Waals surface area contributed by atoms with Gasteiger partial charge in [-0.2, -0.15) is 0 Å². The molecule has 0 aliphatic rings. The summed E-state index contributed by atoms with van der Waals surface area (Å²) in [5.74, 6) is 1.39. The third-order valence-electron chi connectivity index (χ3n) is 6.61. The summed E-state index contributed by atoms with van der Waals surface area (Å²) in [5.41, 5.74) is 1.31. The van der Waals surface area contributed by atoms with Gasteiger partial charge in [-0.05, 0) is 18.3 Å². The highest BCUT2D eigenvalue weighted by molar-refractivity contribution is 6.08. The number of benzene rings is 1. The zero-order valence-electron chi connectivity index (χ0n) is 20.9. The van der Waals surface area contributed by atoms with E-state index in [1.165, 1.54) is 57.8 Å². The summed E-state index contributed by atoms with van der Waals surface area (Å²) in [4.78, 5) is 26.2. The number of carbonyl (C=O) groups excluding carboxylic acids is 2. The lowest BCUT2D eigenvalue weighted by Gasteiger charge is -2.17. The summed E-state index contributed by atoms with van der Waals surface area (Å²) in [6.07, 6.45) is 16.5. The van der Waals surface area contributed by atoms with Crippen molar-refractivity contribution in [3.63, 3.8) is 0 Å². The highest BCUT2D eigenvalue weighted by Gasteiger charge is 2.20. The first-order chi connectivity index (χ1) is 15.1. The van der Waals surface area contributed by atoms with E-state index in [2.05, 4.69) is 27.7 Å². The van der Waals surface area contributed by atoms with Gasteiger partial charge in [0.05, 0.1) is 0 Å². The monoisotopic (exact) mass is 428 g/mol. The lowest BCUT2D eigenvalue weighted by atomic mass is 9.86. The molecule has 0 N–H and O–H groups in total. The summed E-state index contributed by atoms with van der Waals surface area (Å²) < 4.78 is 0. The maximum absolute atomic E-state index is 13.2. The Morgan fingerprint density at radius 3 is 1.68 bits per heavy atom. The molecule has 0 amide bonds. The van der Waals surface area contributed by atoms with Gasteiger partial charge >= 0.3 is 0 Å². The second-order valence-electron chi connectivity index (χ2n) is 9.44. The van der Waals surface area contributed by atoms with E-state index in [4.69, 9.17) is 0 Å². The molecule has 0 fully saturated rings. The molecule has 0 heterocycles. The van der Waals surface area contributed by atoms with Crippen LogP contribution in [0.3, 0.4) is 0 Å². The van der Waals surface area contributed by atoms with E-state index in [0.29, 0.717) is 35.8 Å². The van der Waals surface area contributed by atoms with Crippen LogP contribution < -0.4 is 0 Å². The van der Waals surface area contributed by atoms with Gasteiger partial charge in [0.2, 0.25) is 0 Å². The zero-order chi connectivity index (χ0) is 22.9. The second kappa shape index (κ2) is 17.2. The topological polar surface area (TPSA) is 34.1 Å². The van der Waals surface area contributed by atoms with Gasteiger partial charge in [-0.15, -0.1) is 0 Å². The van der Waals surface area contributed by atoms with E-state index < -0.39 is 0 Å². The number of rotatable bonds is 19. The molecule has 0 saturated carbocycles. The molecule has 2 nitrogen and oxygen atoms in total. The van der Waals surface area contributed by atoms with Crippen molar-refractivity contribution in [1.29, 1.82) is 0 Å². The van der Waals surface area contributed by atoms with Crippen molar-refractivity contribution in [2.24, 2.45) is 11.8 Å². The minimum absolute atomic E-state index is 0.151. The number of carbonyl (C=O) groups is 2. The second-order valence-corrected chi connectivity index (χ2v) is 9.44. The average molecular weight is 429 g/mol. The molecule has 0 bridgehead atoms. The first kappa shape index (κ1) is 27.6. The Balaban J connectivity index is 2.76. The van der Waals surface area contributed by atoms with Crippen molar-refractivity contribution in [3.8, 4) is 0 Å². The van der Waals surface area contributed by atoms with Gasteiger partial charge in [0.15, 0.2) is 11.6 Å². The van der Waals surface area contributed by atoms with Crippen molar-refractivity contribution < 1.29 is 9.59 Å². The van der Waals surface area contributed by atoms with Gasteiger partial charge in [-0.25, -0.2) is 0 Å². The van der Waals surface area contributed by atoms with Crippen molar-refractivity contribution in [3.05, 3.63) is 35.4 Å². The summed E-state index contributed by atoms with van der Waals surface area (Å²) in [7, 11) is 0. The third kappa shape index (κ3) is 11.1. The van der Waals surface area contributed by atoms with Crippen LogP contribution in [0.15, 0.2) is 24.3 Å². The maximum Gasteiger partial charge on any atom is 0.163 e. The van der Waals surface area contributed by atoms with Crippen molar-refractivity contribution in [2.75, 3.05) is 0 Å². The fourth-order valence-electron chi connectivity index (χ4n) is 4.78. The van der Waals surface area contributed by atoms with E-state index in [1.54, 1.807) is 0 Å². The first-order valence-corrected chi connectivity index (χ1v) is 13.2. The Kier molecular flexibility index (Phi) is 15.3. The van der Waals surface area contributed by atoms with Crippen LogP contribution in [0.4, 0.5) is 0 Å². The zero-order valence-corrected chi connectivity index (χ0v) is 20.9. The highest BCUT2D eigenvalue weighted by atomic mass is 16.1. The highest BCUT2D eigenvalue weighted by Crippen LogP contribution is 2.25. The molecule has 176 valence electrons. The predicted molar refractivity (Wildman–Crippen MR) is 134 cm³/mol. The average Bonchev–Trinajstić information content (AvgIpc) is 2.77. The molecule has 1 aromatic rings. The molecule has 2 unspecified atom stereocenters. The number of unbranched alkanes of at least 4 members (excludes halogenated alkanes) is 4. The first-order valence-electron chi connectivity index (χ1n) is 13.2. The molecule has 0 radical (unpaired) electrons. The SMILES string of the molecule is CCCCCC(CCC)CCC(=O)c1ccccc1C(=O)CC(CCC)CCCCC. The Bertz CT molecular complexity index is 619. The lowest BCUT2D eigenvalue weighted by Crippen LogP contribution is -2.14. The van der Waals surface area contributed by atoms with Crippen LogP contribution in [0.25, 0.3) is 0 Å². The summed E-state index contributed by atoms with van der Waals surface area (Å²) in [6, 6.07) is 7.54. The van der Waals surface area contributed by atoms with Crippen LogP contribution >= 0.6 is 0 Å². The van der Waals surface area contributed by atoms with Crippen molar-refractivity contribution in [2.45, 2.75) is 124 Å². The van der Waals surface area contributed by atoms with E-state index in [-0.39, 0.29) is 11.6 Å². The Labute approximate surface area is 192 Å². The summed E-state index contributed by atoms with van der Waals surface area (Å²) in [6.45, 7) is 8.88. The number of ketones is 2. The maximum atomic E-state index is 13.2. The molecule has 1 aromatic carbocycles. The van der Waals surface area contributed by atoms with E-state index >= 15 is 0 Å². The molecule has 0 saturated heterocycles. The number of Topliss-reactive ketones (excluding diaryl/α,β-unsaturated/α-hetero) is 2. The van der Waals surface area contributed by atoms with Crippen LogP contribution in [-0.4, -0.2) is 11.6 Å². The van der Waals surface area contributed by atoms with Crippen LogP contribution in [0.1, 0.15) is 145 Å². The molecule has 0 aliphatic carbocycles. The molecule has 0 aromatic heterocycles.